The van der Waals surface area contributed by atoms with E-state index in [4.69, 9.17) is 5.11 Å². The molecule has 0 aromatic rings. The van der Waals surface area contributed by atoms with Crippen molar-refractivity contribution in [1.29, 1.82) is 0 Å². The third kappa shape index (κ3) is 4.69. The first kappa shape index (κ1) is 15.7. The van der Waals surface area contributed by atoms with Crippen molar-refractivity contribution in [3.8, 4) is 0 Å². The fourth-order valence-corrected chi connectivity index (χ4v) is 4.23. The highest BCUT2D eigenvalue weighted by Crippen LogP contribution is 2.42. The number of rotatable bonds is 6. The Morgan fingerprint density at radius 3 is 2.60 bits per heavy atom. The number of aliphatic carboxylic acids is 1. The molecule has 1 amide bonds. The molecule has 0 aromatic carbocycles. The second kappa shape index (κ2) is 7.91. The van der Waals surface area contributed by atoms with Crippen molar-refractivity contribution in [2.45, 2.75) is 44.9 Å². The van der Waals surface area contributed by atoms with Crippen molar-refractivity contribution in [3.63, 3.8) is 0 Å². The van der Waals surface area contributed by atoms with Crippen LogP contribution < -0.4 is 5.32 Å². The highest BCUT2D eigenvalue weighted by Gasteiger charge is 2.34. The lowest BCUT2D eigenvalue weighted by molar-refractivity contribution is -0.134. The Kier molecular flexibility index (Phi) is 6.20. The fraction of sp³-hybridized carbons (Fsp3) is 0.867. The minimum atomic E-state index is -0.794. The Bertz CT molecular complexity index is 348. The highest BCUT2D eigenvalue weighted by molar-refractivity contribution is 7.99. The van der Waals surface area contributed by atoms with Gasteiger partial charge in [0.15, 0.2) is 0 Å². The van der Waals surface area contributed by atoms with E-state index in [1.165, 1.54) is 43.9 Å². The molecule has 5 heteroatoms. The lowest BCUT2D eigenvalue weighted by Crippen LogP contribution is -2.38. The van der Waals surface area contributed by atoms with Crippen molar-refractivity contribution < 1.29 is 14.7 Å². The summed E-state index contributed by atoms with van der Waals surface area (Å²) in [5.41, 5.74) is 0. The van der Waals surface area contributed by atoms with E-state index in [0.29, 0.717) is 12.3 Å². The molecule has 0 aliphatic heterocycles. The Morgan fingerprint density at radius 1 is 1.10 bits per heavy atom. The van der Waals surface area contributed by atoms with Crippen LogP contribution in [0, 0.1) is 17.8 Å². The zero-order chi connectivity index (χ0) is 14.4. The third-order valence-corrected chi connectivity index (χ3v) is 5.63. The van der Waals surface area contributed by atoms with Gasteiger partial charge in [-0.2, -0.15) is 0 Å². The van der Waals surface area contributed by atoms with Crippen LogP contribution in [0.4, 0.5) is 0 Å². The van der Waals surface area contributed by atoms with Crippen molar-refractivity contribution in [1.82, 2.24) is 5.32 Å². The van der Waals surface area contributed by atoms with Crippen LogP contribution in [-0.2, 0) is 9.59 Å². The predicted octanol–water partition coefficient (Wildman–Crippen LogP) is 2.53. The first-order valence-electron chi connectivity index (χ1n) is 7.74. The quantitative estimate of drug-likeness (QED) is 0.740. The lowest BCUT2D eigenvalue weighted by atomic mass is 9.67. The Hall–Kier alpha value is -0.710. The second-order valence-electron chi connectivity index (χ2n) is 6.05. The molecule has 0 radical (unpaired) electrons. The van der Waals surface area contributed by atoms with Gasteiger partial charge >= 0.3 is 5.97 Å². The smallest absolute Gasteiger partial charge is 0.313 e. The first-order chi connectivity index (χ1) is 9.66. The minimum Gasteiger partial charge on any atom is -0.481 e. The summed E-state index contributed by atoms with van der Waals surface area (Å²) >= 11 is 1.35. The maximum Gasteiger partial charge on any atom is 0.313 e. The van der Waals surface area contributed by atoms with E-state index in [-0.39, 0.29) is 17.6 Å². The van der Waals surface area contributed by atoms with Gasteiger partial charge in [-0.1, -0.05) is 25.7 Å². The molecule has 0 saturated heterocycles. The summed E-state index contributed by atoms with van der Waals surface area (Å²) in [7, 11) is 0. The number of carboxylic acids is 1. The van der Waals surface area contributed by atoms with Crippen molar-refractivity contribution >= 4 is 23.6 Å². The Morgan fingerprint density at radius 2 is 1.85 bits per heavy atom. The van der Waals surface area contributed by atoms with Gasteiger partial charge in [-0.05, 0) is 31.1 Å². The zero-order valence-corrected chi connectivity index (χ0v) is 12.8. The number of hydrogen-bond acceptors (Lipinski definition) is 3. The summed E-state index contributed by atoms with van der Waals surface area (Å²) in [6.07, 6.45) is 8.71. The minimum absolute atomic E-state index is 0.114. The molecule has 3 atom stereocenters. The summed E-state index contributed by atoms with van der Waals surface area (Å²) in [6, 6.07) is 0. The molecular formula is C15H25NO3S. The number of thioether (sulfide) groups is 1. The Balaban J connectivity index is 1.64. The Labute approximate surface area is 125 Å². The van der Waals surface area contributed by atoms with Crippen LogP contribution in [0.2, 0.25) is 0 Å². The van der Waals surface area contributed by atoms with Crippen molar-refractivity contribution in [2.75, 3.05) is 18.1 Å². The monoisotopic (exact) mass is 299 g/mol. The van der Waals surface area contributed by atoms with Gasteiger partial charge in [0, 0.05) is 18.2 Å². The summed E-state index contributed by atoms with van der Waals surface area (Å²) in [5.74, 6) is 2.02. The standard InChI is InChI=1S/C15H25NO3S/c17-14(18)10-20-8-7-16-15(19)13-6-5-11-3-1-2-4-12(11)9-13/h11-13H,1-10H2,(H,16,19)(H,17,18). The van der Waals surface area contributed by atoms with Crippen molar-refractivity contribution in [3.05, 3.63) is 0 Å². The van der Waals surface area contributed by atoms with E-state index < -0.39 is 5.97 Å². The van der Waals surface area contributed by atoms with Gasteiger partial charge in [0.25, 0.3) is 0 Å². The van der Waals surface area contributed by atoms with Crippen LogP contribution in [0.1, 0.15) is 44.9 Å². The average Bonchev–Trinajstić information content (AvgIpc) is 2.46. The molecule has 4 nitrogen and oxygen atoms in total. The molecule has 0 heterocycles. The molecule has 2 rings (SSSR count). The summed E-state index contributed by atoms with van der Waals surface area (Å²) < 4.78 is 0. The molecule has 20 heavy (non-hydrogen) atoms. The van der Waals surface area contributed by atoms with Gasteiger partial charge < -0.3 is 10.4 Å². The third-order valence-electron chi connectivity index (χ3n) is 4.68. The number of carbonyl (C=O) groups excluding carboxylic acids is 1. The van der Waals surface area contributed by atoms with E-state index in [2.05, 4.69) is 5.32 Å². The highest BCUT2D eigenvalue weighted by atomic mass is 32.2. The molecule has 2 aliphatic carbocycles. The summed E-state index contributed by atoms with van der Waals surface area (Å²) in [5, 5.41) is 11.5. The number of nitrogens with one attached hydrogen (secondary N) is 1. The normalized spacial score (nSPS) is 29.5. The molecule has 114 valence electrons. The summed E-state index contributed by atoms with van der Waals surface area (Å²) in [4.78, 5) is 22.5. The molecular weight excluding hydrogens is 274 g/mol. The van der Waals surface area contributed by atoms with Gasteiger partial charge in [0.2, 0.25) is 5.91 Å². The summed E-state index contributed by atoms with van der Waals surface area (Å²) in [6.45, 7) is 0.585. The van der Waals surface area contributed by atoms with E-state index in [9.17, 15) is 9.59 Å². The van der Waals surface area contributed by atoms with Crippen molar-refractivity contribution in [2.24, 2.45) is 17.8 Å². The molecule has 0 aromatic heterocycles. The van der Waals surface area contributed by atoms with Gasteiger partial charge in [0.05, 0.1) is 5.75 Å². The predicted molar refractivity (Wildman–Crippen MR) is 80.8 cm³/mol. The number of fused-ring (bicyclic) bond motifs is 1. The molecule has 0 spiro atoms. The molecule has 3 unspecified atom stereocenters. The zero-order valence-electron chi connectivity index (χ0n) is 12.0. The molecule has 2 N–H and O–H groups in total. The van der Waals surface area contributed by atoms with Gasteiger partial charge in [-0.3, -0.25) is 9.59 Å². The fourth-order valence-electron chi connectivity index (χ4n) is 3.66. The van der Waals surface area contributed by atoms with E-state index in [1.54, 1.807) is 0 Å². The lowest BCUT2D eigenvalue weighted by Gasteiger charge is -2.38. The van der Waals surface area contributed by atoms with Gasteiger partial charge in [-0.25, -0.2) is 0 Å². The van der Waals surface area contributed by atoms with E-state index >= 15 is 0 Å². The number of amides is 1. The molecule has 2 saturated carbocycles. The number of hydrogen-bond donors (Lipinski definition) is 2. The van der Waals surface area contributed by atoms with Crippen LogP contribution in [0.15, 0.2) is 0 Å². The van der Waals surface area contributed by atoms with Crippen LogP contribution in [0.3, 0.4) is 0 Å². The average molecular weight is 299 g/mol. The van der Waals surface area contributed by atoms with Crippen LogP contribution >= 0.6 is 11.8 Å². The second-order valence-corrected chi connectivity index (χ2v) is 7.16. The maximum absolute atomic E-state index is 12.1. The number of carboxylic acid groups (broad SMARTS) is 1. The van der Waals surface area contributed by atoms with Crippen LogP contribution in [0.5, 0.6) is 0 Å². The molecule has 2 aliphatic rings. The van der Waals surface area contributed by atoms with Gasteiger partial charge in [0.1, 0.15) is 0 Å². The topological polar surface area (TPSA) is 66.4 Å². The van der Waals surface area contributed by atoms with Gasteiger partial charge in [-0.15, -0.1) is 11.8 Å². The first-order valence-corrected chi connectivity index (χ1v) is 8.89. The molecule has 2 fully saturated rings. The SMILES string of the molecule is O=C(O)CSCCNC(=O)C1CCC2CCCCC2C1. The largest absolute Gasteiger partial charge is 0.481 e. The van der Waals surface area contributed by atoms with Crippen LogP contribution in [0.25, 0.3) is 0 Å². The van der Waals surface area contributed by atoms with Crippen LogP contribution in [-0.4, -0.2) is 35.0 Å². The number of carbonyl (C=O) groups is 2. The van der Waals surface area contributed by atoms with E-state index in [0.717, 1.165) is 24.7 Å². The maximum atomic E-state index is 12.1. The van der Waals surface area contributed by atoms with E-state index in [1.807, 2.05) is 0 Å². The molecule has 0 bridgehead atoms.